The number of aliphatic imine (C=N–C) groups is 1. The third-order valence-corrected chi connectivity index (χ3v) is 17.2. The Bertz CT molecular complexity index is 3590. The number of fused-ring (bicyclic) bond motifs is 2. The van der Waals surface area contributed by atoms with Crippen molar-refractivity contribution in [2.24, 2.45) is 27.4 Å². The van der Waals surface area contributed by atoms with E-state index in [4.69, 9.17) is 26.4 Å². The topological polar surface area (TPSA) is 190 Å². The van der Waals surface area contributed by atoms with Crippen molar-refractivity contribution in [2.45, 2.75) is 151 Å². The molecule has 3 aromatic heterocycles. The van der Waals surface area contributed by atoms with Gasteiger partial charge in [0.05, 0.1) is 39.5 Å². The van der Waals surface area contributed by atoms with E-state index in [9.17, 15) is 14.4 Å². The summed E-state index contributed by atoms with van der Waals surface area (Å²) in [7, 11) is 3.62. The third-order valence-electron chi connectivity index (χ3n) is 16.2. The Hall–Kier alpha value is -8.05. The highest BCUT2D eigenvalue weighted by Crippen LogP contribution is 2.36. The monoisotopic (exact) mass is 1140 g/mol. The van der Waals surface area contributed by atoms with Gasteiger partial charge < -0.3 is 40.6 Å². The average molecular weight is 1140 g/mol. The first-order valence-corrected chi connectivity index (χ1v) is 29.9. The standard InChI is InChI=1S/C66H87N13O3S/c1-17-21-28-57(74(15)44(9)39-78-43(8)32-40(5)48(78)13)64(82)75(16)49(14)59(80)29-24-22-23-27-51-36-52(45(10)67)37-56-61(51)76(65(71-56)70-47(12)54-33-41(6)69-55(54)19-3)30-25-26-31-77-62-50(18-2)35-53(46(11)68)38-60(62)83-66(77)72-63(81)58-34-42(7)73-79(58)20-4/h17,25-26,34-38,40,49,57H,1,8-13,18-24,27-33,39,67-68H2,2-7,14-16H3,(H,70,71)/b26-25+,72-66-/t40?,49-,57?/m0/s1. The van der Waals surface area contributed by atoms with Crippen molar-refractivity contribution in [3.63, 3.8) is 0 Å². The zero-order valence-electron chi connectivity index (χ0n) is 50.7. The lowest BCUT2D eigenvalue weighted by Gasteiger charge is -2.36. The Labute approximate surface area is 495 Å². The average Bonchev–Trinajstić information content (AvgIpc) is 4.05. The second kappa shape index (κ2) is 27.4. The summed E-state index contributed by atoms with van der Waals surface area (Å²) in [6.45, 7) is 45.3. The smallest absolute Gasteiger partial charge is 0.297 e. The molecule has 0 radical (unpaired) electrons. The number of thiazole rings is 1. The summed E-state index contributed by atoms with van der Waals surface area (Å²) in [5.41, 5.74) is 27.7. The van der Waals surface area contributed by atoms with Crippen LogP contribution in [0.2, 0.25) is 0 Å². The maximum absolute atomic E-state index is 14.3. The van der Waals surface area contributed by atoms with E-state index < -0.39 is 12.1 Å². The summed E-state index contributed by atoms with van der Waals surface area (Å²) < 4.78 is 6.90. The number of amides is 2. The maximum Gasteiger partial charge on any atom is 0.297 e. The van der Waals surface area contributed by atoms with Gasteiger partial charge in [0.2, 0.25) is 11.9 Å². The van der Waals surface area contributed by atoms with Crippen molar-refractivity contribution in [1.29, 1.82) is 0 Å². The summed E-state index contributed by atoms with van der Waals surface area (Å²) >= 11 is 1.44. The number of hydrogen-bond donors (Lipinski definition) is 3. The number of allylic oxidation sites excluding steroid dienone is 7. The van der Waals surface area contributed by atoms with Crippen LogP contribution in [0.3, 0.4) is 0 Å². The van der Waals surface area contributed by atoms with E-state index >= 15 is 0 Å². The number of nitrogens with two attached hydrogens (primary N) is 2. The summed E-state index contributed by atoms with van der Waals surface area (Å²) in [4.78, 5) is 63.1. The van der Waals surface area contributed by atoms with Gasteiger partial charge in [-0.25, -0.2) is 4.98 Å². The molecule has 2 aromatic carbocycles. The highest BCUT2D eigenvalue weighted by molar-refractivity contribution is 7.16. The lowest BCUT2D eigenvalue weighted by atomic mass is 9.99. The van der Waals surface area contributed by atoms with E-state index in [-0.39, 0.29) is 17.6 Å². The van der Waals surface area contributed by atoms with Gasteiger partial charge in [-0.3, -0.25) is 24.1 Å². The van der Waals surface area contributed by atoms with E-state index in [1.54, 1.807) is 22.7 Å². The number of carbonyl (C=O) groups is 3. The Morgan fingerprint density at radius 1 is 0.904 bits per heavy atom. The first kappa shape index (κ1) is 62.5. The fourth-order valence-corrected chi connectivity index (χ4v) is 12.3. The molecule has 2 aliphatic rings. The Balaban J connectivity index is 1.13. The summed E-state index contributed by atoms with van der Waals surface area (Å²) in [5, 5.41) is 8.11. The van der Waals surface area contributed by atoms with E-state index in [1.165, 1.54) is 11.3 Å². The molecule has 440 valence electrons. The third kappa shape index (κ3) is 14.1. The van der Waals surface area contributed by atoms with Crippen LogP contribution in [0.5, 0.6) is 0 Å². The van der Waals surface area contributed by atoms with Gasteiger partial charge in [0.25, 0.3) is 5.91 Å². The second-order valence-electron chi connectivity index (χ2n) is 22.2. The Kier molecular flexibility index (Phi) is 20.6. The van der Waals surface area contributed by atoms with E-state index in [1.807, 2.05) is 57.9 Å². The van der Waals surface area contributed by atoms with Crippen molar-refractivity contribution < 1.29 is 14.4 Å². The number of likely N-dealkylation sites (tertiary alicyclic amines) is 1. The van der Waals surface area contributed by atoms with Crippen LogP contribution in [0.4, 0.5) is 5.95 Å². The molecule has 5 heterocycles. The number of aryl methyl sites for hydroxylation is 4. The number of nitrogens with zero attached hydrogens (tertiary/aromatic N) is 10. The molecule has 83 heavy (non-hydrogen) atoms. The molecule has 2 aliphatic heterocycles. The van der Waals surface area contributed by atoms with Crippen LogP contribution in [0.1, 0.15) is 138 Å². The molecule has 17 heteroatoms. The van der Waals surface area contributed by atoms with Gasteiger partial charge in [-0.05, 0) is 132 Å². The van der Waals surface area contributed by atoms with Crippen molar-refractivity contribution >= 4 is 73.2 Å². The number of likely N-dealkylation sites (N-methyl/N-ethyl adjacent to an activating group) is 2. The number of Topliss-reactive ketones (excluding diaryl/α,β-unsaturated/α-hetero) is 1. The number of nitrogens with one attached hydrogen (secondary N) is 1. The second-order valence-corrected chi connectivity index (χ2v) is 23.2. The van der Waals surface area contributed by atoms with E-state index in [2.05, 4.69) is 116 Å². The number of unbranched alkanes of at least 4 members (excludes halogenated alkanes) is 2. The van der Waals surface area contributed by atoms with Gasteiger partial charge in [-0.1, -0.05) is 96.2 Å². The number of hydrogen-bond acceptors (Lipinski definition) is 12. The predicted molar refractivity (Wildman–Crippen MR) is 343 cm³/mol. The van der Waals surface area contributed by atoms with Gasteiger partial charge in [0.1, 0.15) is 11.7 Å². The van der Waals surface area contributed by atoms with Gasteiger partial charge in [0.15, 0.2) is 10.6 Å². The lowest BCUT2D eigenvalue weighted by molar-refractivity contribution is -0.141. The summed E-state index contributed by atoms with van der Waals surface area (Å²) in [5.74, 6) is 0.421. The maximum atomic E-state index is 14.3. The van der Waals surface area contributed by atoms with Crippen LogP contribution in [-0.2, 0) is 42.1 Å². The highest BCUT2D eigenvalue weighted by Gasteiger charge is 2.33. The minimum Gasteiger partial charge on any atom is -0.399 e. The normalized spacial score (nSPS) is 15.4. The van der Waals surface area contributed by atoms with Crippen LogP contribution >= 0.6 is 11.3 Å². The lowest BCUT2D eigenvalue weighted by Crippen LogP contribution is -2.50. The zero-order chi connectivity index (χ0) is 60.6. The molecule has 1 fully saturated rings. The van der Waals surface area contributed by atoms with Crippen LogP contribution < -0.4 is 21.6 Å². The van der Waals surface area contributed by atoms with E-state index in [0.717, 1.165) is 121 Å². The summed E-state index contributed by atoms with van der Waals surface area (Å²) in [6, 6.07) is 8.79. The predicted octanol–water partition coefficient (Wildman–Crippen LogP) is 12.1. The largest absolute Gasteiger partial charge is 0.399 e. The molecule has 7 rings (SSSR count). The molecule has 5 aromatic rings. The molecule has 3 atom stereocenters. The fraction of sp³-hybridized carbons (Fsp3) is 0.409. The van der Waals surface area contributed by atoms with Gasteiger partial charge in [-0.15, -0.1) is 6.58 Å². The molecule has 2 amide bonds. The molecule has 2 unspecified atom stereocenters. The molecule has 0 aliphatic carbocycles. The zero-order valence-corrected chi connectivity index (χ0v) is 51.5. The van der Waals surface area contributed by atoms with Crippen LogP contribution in [0.25, 0.3) is 32.6 Å². The Morgan fingerprint density at radius 2 is 1.59 bits per heavy atom. The molecular formula is C66H87N13O3S. The van der Waals surface area contributed by atoms with Crippen LogP contribution in [0.15, 0.2) is 139 Å². The van der Waals surface area contributed by atoms with Crippen molar-refractivity contribution in [1.82, 2.24) is 38.6 Å². The van der Waals surface area contributed by atoms with Crippen molar-refractivity contribution in [3.8, 4) is 0 Å². The first-order valence-electron chi connectivity index (χ1n) is 29.1. The quantitative estimate of drug-likeness (QED) is 0.0307. The number of rotatable bonds is 29. The van der Waals surface area contributed by atoms with Gasteiger partial charge in [0, 0.05) is 104 Å². The van der Waals surface area contributed by atoms with Gasteiger partial charge in [-0.2, -0.15) is 10.1 Å². The van der Waals surface area contributed by atoms with Crippen LogP contribution in [-0.4, -0.2) is 94.6 Å². The van der Waals surface area contributed by atoms with Crippen molar-refractivity contribution in [2.75, 3.05) is 26.0 Å². The molecule has 1 saturated heterocycles. The minimum absolute atomic E-state index is 0.00874. The number of imidazole rings is 1. The molecular weight excluding hydrogens is 1050 g/mol. The number of ketones is 1. The highest BCUT2D eigenvalue weighted by atomic mass is 32.1. The SMILES string of the molecule is C=CCCC(C(=O)N(C)[C@@H](C)C(=O)CCCCCc1cc(C(=C)N)cc2nc(NC(=C)C3=C(CC)N=C(C)C3)n(C/C=C/Cn3/c(=N/C(=O)c4cc(C)nn4CC)sc4cc(C(=C)N)cc(CC)c43)c12)N(C)C(=C)CN1C(=C)CC(C)C1=C. The Morgan fingerprint density at radius 3 is 2.23 bits per heavy atom. The van der Waals surface area contributed by atoms with Gasteiger partial charge >= 0.3 is 0 Å². The number of aromatic nitrogens is 5. The van der Waals surface area contributed by atoms with E-state index in [0.29, 0.717) is 98.5 Å². The number of anilines is 1. The molecule has 5 N–H and O–H groups in total. The first-order chi connectivity index (χ1) is 39.5. The molecule has 16 nitrogen and oxygen atoms in total. The van der Waals surface area contributed by atoms with Crippen LogP contribution in [0, 0.1) is 12.8 Å². The summed E-state index contributed by atoms with van der Waals surface area (Å²) in [6.07, 6.45) is 13.4. The molecule has 0 spiro atoms. The fourth-order valence-electron chi connectivity index (χ4n) is 11.1. The molecule has 0 saturated carbocycles. The number of benzene rings is 2. The van der Waals surface area contributed by atoms with Crippen molar-refractivity contribution in [3.05, 3.63) is 167 Å². The number of carbonyl (C=O) groups excluding carboxylic acids is 3. The minimum atomic E-state index is -0.618. The molecule has 0 bridgehead atoms.